The van der Waals surface area contributed by atoms with E-state index in [4.69, 9.17) is 5.10 Å². The van der Waals surface area contributed by atoms with Gasteiger partial charge < -0.3 is 0 Å². The lowest BCUT2D eigenvalue weighted by Crippen LogP contribution is -2.35. The summed E-state index contributed by atoms with van der Waals surface area (Å²) < 4.78 is 16.9. The summed E-state index contributed by atoms with van der Waals surface area (Å²) in [6, 6.07) is 5.44. The zero-order valence-corrected chi connectivity index (χ0v) is 18.2. The van der Waals surface area contributed by atoms with E-state index in [0.29, 0.717) is 11.7 Å². The molecule has 2 aliphatic rings. The maximum Gasteiger partial charge on any atom is 0.332 e. The highest BCUT2D eigenvalue weighted by Crippen LogP contribution is 2.42. The van der Waals surface area contributed by atoms with E-state index in [0.717, 1.165) is 34.5 Å². The first-order valence-corrected chi connectivity index (χ1v) is 11.0. The predicted molar refractivity (Wildman–Crippen MR) is 112 cm³/mol. The second-order valence-electron chi connectivity index (χ2n) is 8.87. The van der Waals surface area contributed by atoms with Crippen LogP contribution in [0.2, 0.25) is 0 Å². The Hall–Kier alpha value is -2.26. The van der Waals surface area contributed by atoms with Crippen LogP contribution in [0.5, 0.6) is 0 Å². The minimum atomic E-state index is -1.23. The fourth-order valence-corrected chi connectivity index (χ4v) is 4.15. The van der Waals surface area contributed by atoms with Crippen molar-refractivity contribution in [1.82, 2.24) is 19.2 Å². The Morgan fingerprint density at radius 1 is 1.21 bits per heavy atom. The Balaban J connectivity index is 1.74. The number of amides is 3. The van der Waals surface area contributed by atoms with Gasteiger partial charge in [0, 0.05) is 7.05 Å². The smallest absolute Gasteiger partial charge is 0.272 e. The zero-order chi connectivity index (χ0) is 21.1. The van der Waals surface area contributed by atoms with Gasteiger partial charge in [0.15, 0.2) is 0 Å². The topological polar surface area (TPSA) is 87.0 Å². The molecule has 2 atom stereocenters. The Morgan fingerprint density at radius 2 is 1.90 bits per heavy atom. The molecular weight excluding hydrogens is 390 g/mol. The molecular formula is C20H27N5O3S. The van der Waals surface area contributed by atoms with E-state index in [1.54, 1.807) is 4.52 Å². The molecule has 0 bridgehead atoms. The van der Waals surface area contributed by atoms with Gasteiger partial charge in [0.1, 0.15) is 12.4 Å². The second kappa shape index (κ2) is 6.91. The van der Waals surface area contributed by atoms with E-state index >= 15 is 0 Å². The number of imide groups is 1. The first kappa shape index (κ1) is 20.0. The van der Waals surface area contributed by atoms with Crippen LogP contribution in [0.4, 0.5) is 10.6 Å². The summed E-state index contributed by atoms with van der Waals surface area (Å²) in [5, 5.41) is 4.69. The average molecular weight is 418 g/mol. The number of urea groups is 1. The molecule has 1 aliphatic heterocycles. The number of carbonyl (C=O) groups excluding carboxylic acids is 2. The number of nitrogens with zero attached hydrogens (tertiary/aromatic N) is 4. The van der Waals surface area contributed by atoms with E-state index in [1.165, 1.54) is 11.9 Å². The third-order valence-corrected chi connectivity index (χ3v) is 7.06. The van der Waals surface area contributed by atoms with Gasteiger partial charge in [-0.1, -0.05) is 0 Å². The summed E-state index contributed by atoms with van der Waals surface area (Å²) in [5.74, 6) is 0.859. The number of likely N-dealkylation sites (N-methyl/N-ethyl adjacent to an activating group) is 1. The van der Waals surface area contributed by atoms with Crippen molar-refractivity contribution in [3.05, 3.63) is 29.5 Å². The molecule has 8 nitrogen and oxygen atoms in total. The van der Waals surface area contributed by atoms with Crippen molar-refractivity contribution in [1.29, 1.82) is 0 Å². The molecule has 3 amide bonds. The standard InChI is InChI=1S/C20H27N5O3S/c1-12(22-29(28)20(2,3)4)16-10-15-8-14(13-6-7-13)9-17(25(15)21-16)24-11-18(26)23(5)19(24)27/h8-10,12-13,22H,6-7,11H2,1-5H3/t12-,29-/m1/s1. The van der Waals surface area contributed by atoms with Crippen LogP contribution in [-0.4, -0.2) is 49.0 Å². The molecule has 2 fully saturated rings. The molecule has 9 heteroatoms. The Bertz CT molecular complexity index is 1020. The summed E-state index contributed by atoms with van der Waals surface area (Å²) in [5.41, 5.74) is 2.76. The van der Waals surface area contributed by atoms with Crippen molar-refractivity contribution in [3.63, 3.8) is 0 Å². The SMILES string of the molecule is C[C@@H](N[S@](=O)C(C)(C)C)c1cc2cc(C3CC3)cc(N3CC(=O)N(C)C3=O)n2n1. The van der Waals surface area contributed by atoms with Gasteiger partial charge >= 0.3 is 6.03 Å². The molecule has 4 rings (SSSR count). The number of fused-ring (bicyclic) bond motifs is 1. The van der Waals surface area contributed by atoms with Crippen LogP contribution in [-0.2, 0) is 15.8 Å². The van der Waals surface area contributed by atoms with Gasteiger partial charge in [-0.3, -0.25) is 14.6 Å². The highest BCUT2D eigenvalue weighted by molar-refractivity contribution is 7.84. The summed E-state index contributed by atoms with van der Waals surface area (Å²) in [6.07, 6.45) is 2.26. The van der Waals surface area contributed by atoms with E-state index < -0.39 is 11.0 Å². The van der Waals surface area contributed by atoms with Crippen LogP contribution in [0.25, 0.3) is 5.52 Å². The molecule has 2 aromatic heterocycles. The largest absolute Gasteiger partial charge is 0.332 e. The van der Waals surface area contributed by atoms with Crippen molar-refractivity contribution >= 4 is 34.3 Å². The number of hydrogen-bond acceptors (Lipinski definition) is 4. The fraction of sp³-hybridized carbons (Fsp3) is 0.550. The van der Waals surface area contributed by atoms with Crippen LogP contribution in [0.15, 0.2) is 18.2 Å². The van der Waals surface area contributed by atoms with Crippen molar-refractivity contribution in [3.8, 4) is 0 Å². The van der Waals surface area contributed by atoms with E-state index in [-0.39, 0.29) is 29.3 Å². The maximum atomic E-state index is 12.6. The highest BCUT2D eigenvalue weighted by Gasteiger charge is 2.36. The molecule has 1 N–H and O–H groups in total. The first-order chi connectivity index (χ1) is 13.6. The second-order valence-corrected chi connectivity index (χ2v) is 10.9. The van der Waals surface area contributed by atoms with Crippen molar-refractivity contribution in [2.45, 2.75) is 57.2 Å². The molecule has 0 radical (unpaired) electrons. The van der Waals surface area contributed by atoms with Crippen LogP contribution in [0.1, 0.15) is 63.8 Å². The monoisotopic (exact) mass is 417 g/mol. The number of hydrogen-bond donors (Lipinski definition) is 1. The average Bonchev–Trinajstić information content (AvgIpc) is 3.36. The van der Waals surface area contributed by atoms with Crippen LogP contribution < -0.4 is 9.62 Å². The number of carbonyl (C=O) groups is 2. The molecule has 0 spiro atoms. The van der Waals surface area contributed by atoms with Gasteiger partial charge in [0.05, 0.1) is 33.0 Å². The molecule has 0 unspecified atom stereocenters. The first-order valence-electron chi connectivity index (χ1n) is 9.86. The minimum Gasteiger partial charge on any atom is -0.272 e. The molecule has 29 heavy (non-hydrogen) atoms. The summed E-state index contributed by atoms with van der Waals surface area (Å²) in [4.78, 5) is 27.3. The zero-order valence-electron chi connectivity index (χ0n) is 17.4. The normalized spacial score (nSPS) is 20.0. The Labute approximate surface area is 172 Å². The van der Waals surface area contributed by atoms with Crippen LogP contribution in [0, 0.1) is 0 Å². The van der Waals surface area contributed by atoms with Gasteiger partial charge in [0.2, 0.25) is 0 Å². The predicted octanol–water partition coefficient (Wildman–Crippen LogP) is 2.72. The van der Waals surface area contributed by atoms with E-state index in [2.05, 4.69) is 10.8 Å². The van der Waals surface area contributed by atoms with Gasteiger partial charge in [-0.15, -0.1) is 0 Å². The lowest BCUT2D eigenvalue weighted by Gasteiger charge is -2.21. The molecule has 1 saturated carbocycles. The summed E-state index contributed by atoms with van der Waals surface area (Å²) in [7, 11) is 0.266. The third-order valence-electron chi connectivity index (χ3n) is 5.38. The lowest BCUT2D eigenvalue weighted by molar-refractivity contribution is -0.123. The van der Waals surface area contributed by atoms with Crippen molar-refractivity contribution in [2.24, 2.45) is 0 Å². The third kappa shape index (κ3) is 3.69. The molecule has 3 heterocycles. The molecule has 1 aliphatic carbocycles. The van der Waals surface area contributed by atoms with Crippen LogP contribution >= 0.6 is 0 Å². The van der Waals surface area contributed by atoms with Crippen molar-refractivity contribution < 1.29 is 13.8 Å². The number of nitrogens with one attached hydrogen (secondary N) is 1. The van der Waals surface area contributed by atoms with E-state index in [1.807, 2.05) is 39.8 Å². The summed E-state index contributed by atoms with van der Waals surface area (Å²) in [6.45, 7) is 7.68. The Kier molecular flexibility index (Phi) is 4.77. The molecule has 0 aromatic carbocycles. The summed E-state index contributed by atoms with van der Waals surface area (Å²) >= 11 is 0. The van der Waals surface area contributed by atoms with Gasteiger partial charge in [-0.05, 0) is 70.2 Å². The maximum absolute atomic E-state index is 12.6. The van der Waals surface area contributed by atoms with Crippen LogP contribution in [0.3, 0.4) is 0 Å². The number of pyridine rings is 1. The quantitative estimate of drug-likeness (QED) is 0.758. The number of rotatable bonds is 5. The highest BCUT2D eigenvalue weighted by atomic mass is 32.2. The molecule has 156 valence electrons. The minimum absolute atomic E-state index is 0.00952. The Morgan fingerprint density at radius 3 is 2.45 bits per heavy atom. The molecule has 2 aromatic rings. The number of aromatic nitrogens is 2. The van der Waals surface area contributed by atoms with Crippen molar-refractivity contribution in [2.75, 3.05) is 18.5 Å². The molecule has 1 saturated heterocycles. The van der Waals surface area contributed by atoms with Gasteiger partial charge in [0.25, 0.3) is 5.91 Å². The lowest BCUT2D eigenvalue weighted by atomic mass is 10.1. The fourth-order valence-electron chi connectivity index (χ4n) is 3.35. The van der Waals surface area contributed by atoms with Gasteiger partial charge in [-0.2, -0.15) is 5.10 Å². The van der Waals surface area contributed by atoms with Gasteiger partial charge in [-0.25, -0.2) is 18.2 Å². The van der Waals surface area contributed by atoms with E-state index in [9.17, 15) is 13.8 Å². The number of anilines is 1.